The third-order valence-electron chi connectivity index (χ3n) is 1.61. The van der Waals surface area contributed by atoms with E-state index in [-0.39, 0.29) is 11.3 Å². The van der Waals surface area contributed by atoms with E-state index < -0.39 is 16.6 Å². The minimum atomic E-state index is -1.02. The number of hydrogen-bond acceptors (Lipinski definition) is 2. The Morgan fingerprint density at radius 2 is 2.07 bits per heavy atom. The molecule has 1 rings (SSSR count). The smallest absolute Gasteiger partial charge is 0.243 e. The lowest BCUT2D eigenvalue weighted by Gasteiger charge is -1.95. The van der Waals surface area contributed by atoms with Crippen LogP contribution in [0.1, 0.15) is 12.5 Å². The Labute approximate surface area is 78.8 Å². The molecule has 0 aliphatic carbocycles. The van der Waals surface area contributed by atoms with Crippen molar-refractivity contribution in [1.82, 2.24) is 0 Å². The van der Waals surface area contributed by atoms with Gasteiger partial charge in [0.15, 0.2) is 11.6 Å². The summed E-state index contributed by atoms with van der Waals surface area (Å²) in [6.07, 6.45) is 1.17. The molecule has 0 N–H and O–H groups in total. The van der Waals surface area contributed by atoms with E-state index in [0.29, 0.717) is 0 Å². The first-order chi connectivity index (χ1) is 6.50. The molecule has 0 unspecified atom stereocenters. The van der Waals surface area contributed by atoms with Gasteiger partial charge in [0.25, 0.3) is 0 Å². The fourth-order valence-corrected chi connectivity index (χ4v) is 0.896. The van der Waals surface area contributed by atoms with Crippen LogP contribution in [0.5, 0.6) is 0 Å². The van der Waals surface area contributed by atoms with Crippen LogP contribution in [-0.4, -0.2) is 4.92 Å². The van der Waals surface area contributed by atoms with Gasteiger partial charge in [0.2, 0.25) is 5.70 Å². The molecule has 0 spiro atoms. The zero-order valence-electron chi connectivity index (χ0n) is 7.33. The van der Waals surface area contributed by atoms with Crippen molar-refractivity contribution in [3.05, 3.63) is 51.2 Å². The predicted molar refractivity (Wildman–Crippen MR) is 47.0 cm³/mol. The normalized spacial score (nSPS) is 11.5. The largest absolute Gasteiger partial charge is 0.259 e. The Kier molecular flexibility index (Phi) is 2.91. The van der Waals surface area contributed by atoms with Crippen LogP contribution in [0.4, 0.5) is 8.78 Å². The van der Waals surface area contributed by atoms with E-state index in [9.17, 15) is 18.9 Å². The van der Waals surface area contributed by atoms with Gasteiger partial charge in [-0.1, -0.05) is 6.07 Å². The summed E-state index contributed by atoms with van der Waals surface area (Å²) >= 11 is 0. The zero-order chi connectivity index (χ0) is 10.7. The fourth-order valence-electron chi connectivity index (χ4n) is 0.896. The molecule has 0 saturated carbocycles. The maximum atomic E-state index is 12.7. The molecule has 0 atom stereocenters. The van der Waals surface area contributed by atoms with Gasteiger partial charge in [-0.05, 0) is 17.7 Å². The number of nitrogens with zero attached hydrogens (tertiary/aromatic N) is 1. The molecule has 0 fully saturated rings. The van der Waals surface area contributed by atoms with E-state index >= 15 is 0 Å². The molecule has 0 aliphatic heterocycles. The second-order valence-electron chi connectivity index (χ2n) is 2.72. The van der Waals surface area contributed by atoms with Gasteiger partial charge in [-0.3, -0.25) is 10.1 Å². The summed E-state index contributed by atoms with van der Waals surface area (Å²) < 4.78 is 25.1. The number of benzene rings is 1. The number of halogens is 2. The molecule has 0 aliphatic rings. The third-order valence-corrected chi connectivity index (χ3v) is 1.61. The summed E-state index contributed by atoms with van der Waals surface area (Å²) in [4.78, 5) is 9.63. The summed E-state index contributed by atoms with van der Waals surface area (Å²) in [6.45, 7) is 1.28. The number of nitro groups is 1. The molecule has 74 valence electrons. The maximum absolute atomic E-state index is 12.7. The molecule has 0 aromatic heterocycles. The number of rotatable bonds is 2. The fraction of sp³-hybridized carbons (Fsp3) is 0.111. The SMILES string of the molecule is CC(=Cc1ccc(F)c(F)c1)[N+](=O)[O-]. The van der Waals surface area contributed by atoms with Gasteiger partial charge in [0, 0.05) is 13.0 Å². The van der Waals surface area contributed by atoms with Crippen LogP contribution in [0.25, 0.3) is 6.08 Å². The molecule has 14 heavy (non-hydrogen) atoms. The monoisotopic (exact) mass is 199 g/mol. The van der Waals surface area contributed by atoms with E-state index in [1.807, 2.05) is 0 Å². The second kappa shape index (κ2) is 3.95. The Morgan fingerprint density at radius 3 is 2.57 bits per heavy atom. The van der Waals surface area contributed by atoms with Crippen LogP contribution < -0.4 is 0 Å². The highest BCUT2D eigenvalue weighted by atomic mass is 19.2. The first kappa shape index (κ1) is 10.3. The van der Waals surface area contributed by atoms with Gasteiger partial charge >= 0.3 is 0 Å². The lowest BCUT2D eigenvalue weighted by molar-refractivity contribution is -0.422. The topological polar surface area (TPSA) is 43.1 Å². The quantitative estimate of drug-likeness (QED) is 0.542. The van der Waals surface area contributed by atoms with Crippen molar-refractivity contribution in [3.8, 4) is 0 Å². The molecule has 1 aromatic rings. The Hall–Kier alpha value is -1.78. The Morgan fingerprint density at radius 1 is 1.43 bits per heavy atom. The summed E-state index contributed by atoms with van der Waals surface area (Å²) in [5.74, 6) is -1.99. The molecule has 1 aromatic carbocycles. The van der Waals surface area contributed by atoms with E-state index in [0.717, 1.165) is 12.1 Å². The zero-order valence-corrected chi connectivity index (χ0v) is 7.33. The van der Waals surface area contributed by atoms with Crippen LogP contribution in [0.3, 0.4) is 0 Å². The van der Waals surface area contributed by atoms with Crippen molar-refractivity contribution >= 4 is 6.08 Å². The highest BCUT2D eigenvalue weighted by molar-refractivity contribution is 5.50. The first-order valence-corrected chi connectivity index (χ1v) is 3.78. The lowest BCUT2D eigenvalue weighted by Crippen LogP contribution is -1.93. The van der Waals surface area contributed by atoms with Crippen molar-refractivity contribution in [2.24, 2.45) is 0 Å². The lowest BCUT2D eigenvalue weighted by atomic mass is 10.2. The molecule has 0 heterocycles. The van der Waals surface area contributed by atoms with E-state index in [4.69, 9.17) is 0 Å². The van der Waals surface area contributed by atoms with Crippen molar-refractivity contribution in [3.63, 3.8) is 0 Å². The molecular formula is C9H7F2NO2. The Bertz CT molecular complexity index is 402. The van der Waals surface area contributed by atoms with Crippen LogP contribution >= 0.6 is 0 Å². The summed E-state index contributed by atoms with van der Waals surface area (Å²) in [6, 6.07) is 3.10. The van der Waals surface area contributed by atoms with Crippen molar-refractivity contribution < 1.29 is 13.7 Å². The average molecular weight is 199 g/mol. The third kappa shape index (κ3) is 2.35. The summed E-state index contributed by atoms with van der Waals surface area (Å²) in [7, 11) is 0. The Balaban J connectivity index is 3.04. The van der Waals surface area contributed by atoms with Crippen LogP contribution in [0.15, 0.2) is 23.9 Å². The van der Waals surface area contributed by atoms with E-state index in [2.05, 4.69) is 0 Å². The minimum absolute atomic E-state index is 0.129. The van der Waals surface area contributed by atoms with Gasteiger partial charge in [-0.2, -0.15) is 0 Å². The van der Waals surface area contributed by atoms with Crippen molar-refractivity contribution in [2.45, 2.75) is 6.92 Å². The van der Waals surface area contributed by atoms with Crippen molar-refractivity contribution in [1.29, 1.82) is 0 Å². The average Bonchev–Trinajstić information content (AvgIpc) is 2.11. The number of allylic oxidation sites excluding steroid dienone is 1. The van der Waals surface area contributed by atoms with E-state index in [1.165, 1.54) is 19.1 Å². The minimum Gasteiger partial charge on any atom is -0.259 e. The maximum Gasteiger partial charge on any atom is 0.243 e. The summed E-state index contributed by atoms with van der Waals surface area (Å²) in [5, 5.41) is 10.2. The highest BCUT2D eigenvalue weighted by Gasteiger charge is 2.05. The molecular weight excluding hydrogens is 192 g/mol. The summed E-state index contributed by atoms with van der Waals surface area (Å²) in [5.41, 5.74) is 0.133. The van der Waals surface area contributed by atoms with Gasteiger partial charge in [-0.25, -0.2) is 8.78 Å². The second-order valence-corrected chi connectivity index (χ2v) is 2.72. The highest BCUT2D eigenvalue weighted by Crippen LogP contribution is 2.12. The molecule has 0 bridgehead atoms. The van der Waals surface area contributed by atoms with Crippen LogP contribution in [-0.2, 0) is 0 Å². The van der Waals surface area contributed by atoms with Gasteiger partial charge in [-0.15, -0.1) is 0 Å². The first-order valence-electron chi connectivity index (χ1n) is 3.78. The van der Waals surface area contributed by atoms with Crippen LogP contribution in [0, 0.1) is 21.7 Å². The standard InChI is InChI=1S/C9H7F2NO2/c1-6(12(13)14)4-7-2-3-8(10)9(11)5-7/h2-5H,1H3. The molecule has 0 amide bonds. The van der Waals surface area contributed by atoms with E-state index in [1.54, 1.807) is 0 Å². The van der Waals surface area contributed by atoms with Crippen LogP contribution in [0.2, 0.25) is 0 Å². The molecule has 0 saturated heterocycles. The molecule has 5 heteroatoms. The van der Waals surface area contributed by atoms with Gasteiger partial charge < -0.3 is 0 Å². The van der Waals surface area contributed by atoms with Crippen molar-refractivity contribution in [2.75, 3.05) is 0 Å². The molecule has 3 nitrogen and oxygen atoms in total. The van der Waals surface area contributed by atoms with Gasteiger partial charge in [0.1, 0.15) is 0 Å². The molecule has 0 radical (unpaired) electrons. The predicted octanol–water partition coefficient (Wildman–Crippen LogP) is 2.60. The number of hydrogen-bond donors (Lipinski definition) is 0. The van der Waals surface area contributed by atoms with Gasteiger partial charge in [0.05, 0.1) is 4.92 Å².